The van der Waals surface area contributed by atoms with Gasteiger partial charge in [-0.3, -0.25) is 4.99 Å². The molecule has 92 valence electrons. The van der Waals surface area contributed by atoms with E-state index in [0.717, 1.165) is 16.1 Å². The lowest BCUT2D eigenvalue weighted by Crippen LogP contribution is -2.13. The van der Waals surface area contributed by atoms with Gasteiger partial charge in [0.1, 0.15) is 5.84 Å². The highest BCUT2D eigenvalue weighted by Crippen LogP contribution is 2.11. The van der Waals surface area contributed by atoms with Crippen molar-refractivity contribution in [2.75, 3.05) is 0 Å². The Morgan fingerprint density at radius 3 is 2.56 bits per heavy atom. The zero-order valence-corrected chi connectivity index (χ0v) is 11.0. The number of halogens is 1. The molecule has 0 aromatic heterocycles. The fraction of sp³-hybridized carbons (Fsp3) is 0.133. The maximum Gasteiger partial charge on any atom is 0.125 e. The molecule has 0 aliphatic rings. The molecule has 0 atom stereocenters. The molecule has 0 radical (unpaired) electrons. The zero-order valence-electron chi connectivity index (χ0n) is 10.2. The lowest BCUT2D eigenvalue weighted by Gasteiger charge is -2.03. The SMILES string of the molecule is Cc1cccc(C(N)=NCc2ccc(Cl)cc2)c1. The van der Waals surface area contributed by atoms with E-state index in [1.165, 1.54) is 5.56 Å². The lowest BCUT2D eigenvalue weighted by molar-refractivity contribution is 1.06. The number of benzene rings is 2. The van der Waals surface area contributed by atoms with Crippen LogP contribution >= 0.6 is 11.6 Å². The molecule has 0 saturated heterocycles. The number of aryl methyl sites for hydroxylation is 1. The molecule has 0 bridgehead atoms. The second-order valence-corrected chi connectivity index (χ2v) is 4.63. The van der Waals surface area contributed by atoms with Gasteiger partial charge < -0.3 is 5.73 Å². The minimum Gasteiger partial charge on any atom is -0.383 e. The second-order valence-electron chi connectivity index (χ2n) is 4.20. The van der Waals surface area contributed by atoms with Crippen molar-refractivity contribution < 1.29 is 0 Å². The predicted molar refractivity (Wildman–Crippen MR) is 77.1 cm³/mol. The van der Waals surface area contributed by atoms with Crippen LogP contribution in [0.3, 0.4) is 0 Å². The van der Waals surface area contributed by atoms with Crippen LogP contribution in [0.25, 0.3) is 0 Å². The first-order valence-corrected chi connectivity index (χ1v) is 6.14. The highest BCUT2D eigenvalue weighted by molar-refractivity contribution is 6.30. The van der Waals surface area contributed by atoms with Crippen LogP contribution in [0.1, 0.15) is 16.7 Å². The van der Waals surface area contributed by atoms with E-state index in [0.29, 0.717) is 12.4 Å². The second kappa shape index (κ2) is 5.69. The van der Waals surface area contributed by atoms with E-state index >= 15 is 0 Å². The quantitative estimate of drug-likeness (QED) is 0.664. The van der Waals surface area contributed by atoms with Crippen LogP contribution in [-0.4, -0.2) is 5.84 Å². The molecule has 2 nitrogen and oxygen atoms in total. The highest BCUT2D eigenvalue weighted by atomic mass is 35.5. The number of aliphatic imine (C=N–C) groups is 1. The first kappa shape index (κ1) is 12.7. The van der Waals surface area contributed by atoms with Gasteiger partial charge in [-0.2, -0.15) is 0 Å². The third kappa shape index (κ3) is 3.34. The summed E-state index contributed by atoms with van der Waals surface area (Å²) in [4.78, 5) is 4.39. The molecule has 2 N–H and O–H groups in total. The van der Waals surface area contributed by atoms with Gasteiger partial charge >= 0.3 is 0 Å². The van der Waals surface area contributed by atoms with Gasteiger partial charge in [0.25, 0.3) is 0 Å². The van der Waals surface area contributed by atoms with Crippen molar-refractivity contribution in [3.63, 3.8) is 0 Å². The first-order valence-electron chi connectivity index (χ1n) is 5.76. The Labute approximate surface area is 112 Å². The molecule has 2 rings (SSSR count). The Hall–Kier alpha value is -1.80. The van der Waals surface area contributed by atoms with Gasteiger partial charge in [0.15, 0.2) is 0 Å². The van der Waals surface area contributed by atoms with E-state index < -0.39 is 0 Å². The van der Waals surface area contributed by atoms with Gasteiger partial charge in [-0.15, -0.1) is 0 Å². The van der Waals surface area contributed by atoms with Crippen LogP contribution in [-0.2, 0) is 6.54 Å². The molecule has 0 saturated carbocycles. The van der Waals surface area contributed by atoms with E-state index in [1.54, 1.807) is 0 Å². The predicted octanol–water partition coefficient (Wildman–Crippen LogP) is 3.55. The maximum absolute atomic E-state index is 5.97. The molecular formula is C15H15ClN2. The molecule has 0 amide bonds. The van der Waals surface area contributed by atoms with Crippen LogP contribution in [0.5, 0.6) is 0 Å². The topological polar surface area (TPSA) is 38.4 Å². The molecule has 18 heavy (non-hydrogen) atoms. The number of nitrogens with zero attached hydrogens (tertiary/aromatic N) is 1. The molecule has 0 heterocycles. The van der Waals surface area contributed by atoms with E-state index in [1.807, 2.05) is 55.5 Å². The fourth-order valence-electron chi connectivity index (χ4n) is 1.66. The van der Waals surface area contributed by atoms with Crippen LogP contribution < -0.4 is 5.73 Å². The van der Waals surface area contributed by atoms with Crippen LogP contribution in [0, 0.1) is 6.92 Å². The van der Waals surface area contributed by atoms with E-state index in [4.69, 9.17) is 17.3 Å². The largest absolute Gasteiger partial charge is 0.383 e. The molecular weight excluding hydrogens is 244 g/mol. The lowest BCUT2D eigenvalue weighted by atomic mass is 10.1. The molecule has 0 aliphatic heterocycles. The van der Waals surface area contributed by atoms with Crippen LogP contribution in [0.4, 0.5) is 0 Å². The molecule has 0 spiro atoms. The number of hydrogen-bond acceptors (Lipinski definition) is 1. The van der Waals surface area contributed by atoms with E-state index in [9.17, 15) is 0 Å². The summed E-state index contributed by atoms with van der Waals surface area (Å²) >= 11 is 5.83. The third-order valence-corrected chi connectivity index (χ3v) is 2.91. The summed E-state index contributed by atoms with van der Waals surface area (Å²) in [5.74, 6) is 0.564. The summed E-state index contributed by atoms with van der Waals surface area (Å²) in [6.45, 7) is 2.60. The fourth-order valence-corrected chi connectivity index (χ4v) is 1.79. The number of amidine groups is 1. The van der Waals surface area contributed by atoms with Crippen molar-refractivity contribution in [2.45, 2.75) is 13.5 Å². The Balaban J connectivity index is 2.11. The van der Waals surface area contributed by atoms with Gasteiger partial charge in [-0.1, -0.05) is 47.5 Å². The maximum atomic E-state index is 5.97. The summed E-state index contributed by atoms with van der Waals surface area (Å²) < 4.78 is 0. The average Bonchev–Trinajstić information content (AvgIpc) is 2.38. The molecule has 0 aliphatic carbocycles. The Bertz CT molecular complexity index is 559. The van der Waals surface area contributed by atoms with Gasteiger partial charge in [-0.05, 0) is 30.7 Å². The molecule has 0 unspecified atom stereocenters. The molecule has 3 heteroatoms. The van der Waals surface area contributed by atoms with Crippen molar-refractivity contribution in [3.8, 4) is 0 Å². The Morgan fingerprint density at radius 2 is 1.89 bits per heavy atom. The number of hydrogen-bond donors (Lipinski definition) is 1. The van der Waals surface area contributed by atoms with Crippen molar-refractivity contribution >= 4 is 17.4 Å². The summed E-state index contributed by atoms with van der Waals surface area (Å²) in [5, 5.41) is 0.731. The summed E-state index contributed by atoms with van der Waals surface area (Å²) in [6.07, 6.45) is 0. The van der Waals surface area contributed by atoms with Crippen molar-refractivity contribution in [2.24, 2.45) is 10.7 Å². The summed E-state index contributed by atoms with van der Waals surface area (Å²) in [5.41, 5.74) is 9.20. The Morgan fingerprint density at radius 1 is 1.17 bits per heavy atom. The molecule has 2 aromatic carbocycles. The molecule has 2 aromatic rings. The third-order valence-electron chi connectivity index (χ3n) is 2.66. The van der Waals surface area contributed by atoms with Crippen molar-refractivity contribution in [3.05, 3.63) is 70.2 Å². The minimum atomic E-state index is 0.564. The van der Waals surface area contributed by atoms with E-state index in [2.05, 4.69) is 4.99 Å². The average molecular weight is 259 g/mol. The smallest absolute Gasteiger partial charge is 0.125 e. The van der Waals surface area contributed by atoms with Gasteiger partial charge in [0, 0.05) is 10.6 Å². The van der Waals surface area contributed by atoms with Gasteiger partial charge in [-0.25, -0.2) is 0 Å². The van der Waals surface area contributed by atoms with Crippen LogP contribution in [0.15, 0.2) is 53.5 Å². The normalized spacial score (nSPS) is 11.6. The zero-order chi connectivity index (χ0) is 13.0. The van der Waals surface area contributed by atoms with Gasteiger partial charge in [0.05, 0.1) is 6.54 Å². The van der Waals surface area contributed by atoms with E-state index in [-0.39, 0.29) is 0 Å². The monoisotopic (exact) mass is 258 g/mol. The van der Waals surface area contributed by atoms with Crippen molar-refractivity contribution in [1.82, 2.24) is 0 Å². The first-order chi connectivity index (χ1) is 8.65. The number of rotatable bonds is 3. The Kier molecular flexibility index (Phi) is 4.00. The standard InChI is InChI=1S/C15H15ClN2/c1-11-3-2-4-13(9-11)15(17)18-10-12-5-7-14(16)8-6-12/h2-9H,10H2,1H3,(H2,17,18). The van der Waals surface area contributed by atoms with Gasteiger partial charge in [0.2, 0.25) is 0 Å². The highest BCUT2D eigenvalue weighted by Gasteiger charge is 1.98. The minimum absolute atomic E-state index is 0.564. The summed E-state index contributed by atoms with van der Waals surface area (Å²) in [6, 6.07) is 15.6. The molecule has 0 fully saturated rings. The van der Waals surface area contributed by atoms with Crippen LogP contribution in [0.2, 0.25) is 5.02 Å². The summed E-state index contributed by atoms with van der Waals surface area (Å²) in [7, 11) is 0. The van der Waals surface area contributed by atoms with Crippen molar-refractivity contribution in [1.29, 1.82) is 0 Å². The number of nitrogens with two attached hydrogens (primary N) is 1.